The molecule has 24 heavy (non-hydrogen) atoms. The minimum absolute atomic E-state index is 0.0285. The Kier molecular flexibility index (Phi) is 5.23. The van der Waals surface area contributed by atoms with Gasteiger partial charge in [-0.25, -0.2) is 4.98 Å². The Hall–Kier alpha value is -1.82. The minimum atomic E-state index is -0.252. The van der Waals surface area contributed by atoms with E-state index in [1.807, 2.05) is 32.9 Å². The van der Waals surface area contributed by atoms with Gasteiger partial charge in [-0.3, -0.25) is 9.89 Å². The largest absolute Gasteiger partial charge is 0.325 e. The lowest BCUT2D eigenvalue weighted by atomic mass is 10.1. The zero-order valence-corrected chi connectivity index (χ0v) is 15.2. The third kappa shape index (κ3) is 3.98. The highest BCUT2D eigenvalue weighted by molar-refractivity contribution is 8.00. The monoisotopic (exact) mass is 344 g/mol. The van der Waals surface area contributed by atoms with Gasteiger partial charge < -0.3 is 5.32 Å². The number of carbonyl (C=O) groups excluding carboxylic acids is 1. The van der Waals surface area contributed by atoms with Crippen LogP contribution < -0.4 is 5.32 Å². The van der Waals surface area contributed by atoms with E-state index >= 15 is 0 Å². The maximum Gasteiger partial charge on any atom is 0.237 e. The van der Waals surface area contributed by atoms with E-state index in [0.717, 1.165) is 17.1 Å². The fourth-order valence-electron chi connectivity index (χ4n) is 3.09. The van der Waals surface area contributed by atoms with Crippen molar-refractivity contribution in [1.82, 2.24) is 15.2 Å². The number of anilines is 1. The van der Waals surface area contributed by atoms with Crippen LogP contribution in [0.25, 0.3) is 0 Å². The molecule has 0 aliphatic heterocycles. The quantitative estimate of drug-likeness (QED) is 0.798. The van der Waals surface area contributed by atoms with Crippen molar-refractivity contribution in [2.45, 2.75) is 62.8 Å². The number of amides is 1. The van der Waals surface area contributed by atoms with Crippen LogP contribution in [0, 0.1) is 13.8 Å². The molecule has 5 nitrogen and oxygen atoms in total. The van der Waals surface area contributed by atoms with Crippen LogP contribution in [0.4, 0.5) is 5.69 Å². The molecule has 1 heterocycles. The molecule has 128 valence electrons. The van der Waals surface area contributed by atoms with Gasteiger partial charge in [-0.05, 0) is 45.2 Å². The van der Waals surface area contributed by atoms with E-state index in [2.05, 4.69) is 26.6 Å². The third-order valence-electron chi connectivity index (χ3n) is 4.52. The van der Waals surface area contributed by atoms with Crippen LogP contribution in [0.1, 0.15) is 55.5 Å². The van der Waals surface area contributed by atoms with E-state index < -0.39 is 0 Å². The summed E-state index contributed by atoms with van der Waals surface area (Å²) < 4.78 is 0. The smallest absolute Gasteiger partial charge is 0.237 e. The first-order valence-electron chi connectivity index (χ1n) is 8.50. The number of rotatable bonds is 5. The highest BCUT2D eigenvalue weighted by Gasteiger charge is 2.22. The predicted molar refractivity (Wildman–Crippen MR) is 97.5 cm³/mol. The Morgan fingerprint density at radius 3 is 2.79 bits per heavy atom. The van der Waals surface area contributed by atoms with Crippen molar-refractivity contribution in [2.75, 3.05) is 5.32 Å². The molecule has 0 radical (unpaired) electrons. The van der Waals surface area contributed by atoms with Crippen LogP contribution in [-0.4, -0.2) is 26.3 Å². The van der Waals surface area contributed by atoms with Gasteiger partial charge in [0.25, 0.3) is 0 Å². The van der Waals surface area contributed by atoms with Crippen molar-refractivity contribution in [1.29, 1.82) is 0 Å². The number of aryl methyl sites for hydroxylation is 2. The number of benzene rings is 1. The molecule has 2 N–H and O–H groups in total. The zero-order valence-electron chi connectivity index (χ0n) is 14.4. The molecule has 0 unspecified atom stereocenters. The van der Waals surface area contributed by atoms with Crippen LogP contribution in [0.15, 0.2) is 23.4 Å². The summed E-state index contributed by atoms with van der Waals surface area (Å²) in [7, 11) is 0. The summed E-state index contributed by atoms with van der Waals surface area (Å²) >= 11 is 1.39. The molecule has 0 spiro atoms. The molecule has 3 rings (SSSR count). The van der Waals surface area contributed by atoms with Gasteiger partial charge in [-0.15, -0.1) is 5.10 Å². The number of thioether (sulfide) groups is 1. The molecule has 1 aromatic heterocycles. The highest BCUT2D eigenvalue weighted by atomic mass is 32.2. The second-order valence-corrected chi connectivity index (χ2v) is 7.86. The molecule has 6 heteroatoms. The SMILES string of the molecule is Cc1ccc(NC(=O)[C@@H](C)Sc2n[nH]c(C3CCCC3)n2)c(C)c1. The van der Waals surface area contributed by atoms with E-state index in [9.17, 15) is 4.79 Å². The summed E-state index contributed by atoms with van der Waals surface area (Å²) in [5, 5.41) is 10.7. The van der Waals surface area contributed by atoms with Crippen molar-refractivity contribution < 1.29 is 4.79 Å². The van der Waals surface area contributed by atoms with Gasteiger partial charge in [0.05, 0.1) is 5.25 Å². The standard InChI is InChI=1S/C18H24N4OS/c1-11-8-9-15(12(2)10-11)19-17(23)13(3)24-18-20-16(21-22-18)14-6-4-5-7-14/h8-10,13-14H,4-7H2,1-3H3,(H,19,23)(H,20,21,22)/t13-/m1/s1. The van der Waals surface area contributed by atoms with Crippen molar-refractivity contribution in [3.8, 4) is 0 Å². The summed E-state index contributed by atoms with van der Waals surface area (Å²) in [6.45, 7) is 5.93. The summed E-state index contributed by atoms with van der Waals surface area (Å²) in [4.78, 5) is 17.0. The maximum atomic E-state index is 12.4. The van der Waals surface area contributed by atoms with Crippen LogP contribution in [0.3, 0.4) is 0 Å². The van der Waals surface area contributed by atoms with E-state index in [1.54, 1.807) is 0 Å². The highest BCUT2D eigenvalue weighted by Crippen LogP contribution is 2.33. The number of carbonyl (C=O) groups is 1. The molecule has 2 aromatic rings. The van der Waals surface area contributed by atoms with Gasteiger partial charge in [-0.1, -0.05) is 42.3 Å². The summed E-state index contributed by atoms with van der Waals surface area (Å²) in [5.74, 6) is 1.45. The second-order valence-electron chi connectivity index (χ2n) is 6.55. The molecular formula is C18H24N4OS. The van der Waals surface area contributed by atoms with E-state index in [1.165, 1.54) is 43.0 Å². The lowest BCUT2D eigenvalue weighted by molar-refractivity contribution is -0.115. The Morgan fingerprint density at radius 2 is 2.08 bits per heavy atom. The fourth-order valence-corrected chi connectivity index (χ4v) is 3.82. The number of aromatic nitrogens is 3. The summed E-state index contributed by atoms with van der Waals surface area (Å²) in [6, 6.07) is 6.02. The van der Waals surface area contributed by atoms with Gasteiger partial charge in [0.1, 0.15) is 5.82 Å². The number of H-pyrrole nitrogens is 1. The summed E-state index contributed by atoms with van der Waals surface area (Å²) in [5.41, 5.74) is 3.12. The van der Waals surface area contributed by atoms with E-state index in [0.29, 0.717) is 11.1 Å². The molecule has 1 atom stereocenters. The Balaban J connectivity index is 1.59. The van der Waals surface area contributed by atoms with Crippen molar-refractivity contribution in [3.63, 3.8) is 0 Å². The van der Waals surface area contributed by atoms with Crippen molar-refractivity contribution >= 4 is 23.4 Å². The molecule has 1 fully saturated rings. The Morgan fingerprint density at radius 1 is 1.33 bits per heavy atom. The Bertz CT molecular complexity index is 722. The van der Waals surface area contributed by atoms with E-state index in [-0.39, 0.29) is 11.2 Å². The van der Waals surface area contributed by atoms with Gasteiger partial charge in [-0.2, -0.15) is 0 Å². The van der Waals surface area contributed by atoms with E-state index in [4.69, 9.17) is 0 Å². The molecule has 0 saturated heterocycles. The van der Waals surface area contributed by atoms with Crippen LogP contribution in [-0.2, 0) is 4.79 Å². The fraction of sp³-hybridized carbons (Fsp3) is 0.500. The molecule has 0 bridgehead atoms. The normalized spacial score (nSPS) is 16.3. The number of nitrogens with one attached hydrogen (secondary N) is 2. The van der Waals surface area contributed by atoms with Crippen molar-refractivity contribution in [3.05, 3.63) is 35.2 Å². The van der Waals surface area contributed by atoms with Crippen LogP contribution >= 0.6 is 11.8 Å². The van der Waals surface area contributed by atoms with Gasteiger partial charge in [0.2, 0.25) is 11.1 Å². The molecular weight excluding hydrogens is 320 g/mol. The number of nitrogens with zero attached hydrogens (tertiary/aromatic N) is 2. The summed E-state index contributed by atoms with van der Waals surface area (Å²) in [6.07, 6.45) is 4.90. The molecule has 1 aliphatic carbocycles. The predicted octanol–water partition coefficient (Wildman–Crippen LogP) is 4.20. The van der Waals surface area contributed by atoms with Gasteiger partial charge >= 0.3 is 0 Å². The molecule has 1 aliphatic rings. The second kappa shape index (κ2) is 7.38. The van der Waals surface area contributed by atoms with Gasteiger partial charge in [0, 0.05) is 11.6 Å². The lowest BCUT2D eigenvalue weighted by Crippen LogP contribution is -2.23. The van der Waals surface area contributed by atoms with Gasteiger partial charge in [0.15, 0.2) is 0 Å². The molecule has 1 amide bonds. The first kappa shape index (κ1) is 17.0. The average molecular weight is 344 g/mol. The first-order chi connectivity index (χ1) is 11.5. The third-order valence-corrected chi connectivity index (χ3v) is 5.48. The molecule has 1 aromatic carbocycles. The molecule has 1 saturated carbocycles. The number of hydrogen-bond acceptors (Lipinski definition) is 4. The number of aromatic amines is 1. The first-order valence-corrected chi connectivity index (χ1v) is 9.38. The number of hydrogen-bond donors (Lipinski definition) is 2. The maximum absolute atomic E-state index is 12.4. The minimum Gasteiger partial charge on any atom is -0.325 e. The van der Waals surface area contributed by atoms with Crippen molar-refractivity contribution in [2.24, 2.45) is 0 Å². The zero-order chi connectivity index (χ0) is 17.1. The lowest BCUT2D eigenvalue weighted by Gasteiger charge is -2.12. The van der Waals surface area contributed by atoms with Crippen LogP contribution in [0.2, 0.25) is 0 Å². The van der Waals surface area contributed by atoms with Crippen LogP contribution in [0.5, 0.6) is 0 Å². The topological polar surface area (TPSA) is 70.7 Å². The average Bonchev–Trinajstić information content (AvgIpc) is 3.20. The Labute approximate surface area is 147 Å².